The third-order valence-electron chi connectivity index (χ3n) is 4.43. The van der Waals surface area contributed by atoms with Crippen molar-refractivity contribution in [3.8, 4) is 0 Å². The molecule has 3 heteroatoms. The van der Waals surface area contributed by atoms with Crippen LogP contribution in [0, 0.1) is 11.3 Å². The summed E-state index contributed by atoms with van der Waals surface area (Å²) in [6.45, 7) is 8.22. The molecule has 0 saturated carbocycles. The maximum absolute atomic E-state index is 5.69. The Hall–Kier alpha value is -0.120. The molecule has 3 heterocycles. The van der Waals surface area contributed by atoms with Gasteiger partial charge in [0.05, 0.1) is 13.2 Å². The standard InChI is InChI=1S/C12H22N2O/c1-2-4-14(5-3-1)9-12-8-13-6-11(12)7-15-10-12/h11,13H,1-10H2. The largest absolute Gasteiger partial charge is 0.380 e. The second kappa shape index (κ2) is 4.04. The summed E-state index contributed by atoms with van der Waals surface area (Å²) in [7, 11) is 0. The molecule has 0 aromatic carbocycles. The van der Waals surface area contributed by atoms with E-state index in [-0.39, 0.29) is 0 Å². The highest BCUT2D eigenvalue weighted by Crippen LogP contribution is 2.38. The lowest BCUT2D eigenvalue weighted by Crippen LogP contribution is -2.44. The van der Waals surface area contributed by atoms with Gasteiger partial charge in [-0.1, -0.05) is 6.42 Å². The summed E-state index contributed by atoms with van der Waals surface area (Å²) in [5.74, 6) is 0.777. The van der Waals surface area contributed by atoms with Crippen molar-refractivity contribution in [2.75, 3.05) is 45.9 Å². The van der Waals surface area contributed by atoms with Crippen molar-refractivity contribution in [2.45, 2.75) is 19.3 Å². The molecule has 3 fully saturated rings. The maximum atomic E-state index is 5.69. The minimum absolute atomic E-state index is 0.456. The van der Waals surface area contributed by atoms with E-state index in [0.717, 1.165) is 19.1 Å². The lowest BCUT2D eigenvalue weighted by Gasteiger charge is -2.35. The van der Waals surface area contributed by atoms with Crippen molar-refractivity contribution in [2.24, 2.45) is 11.3 Å². The van der Waals surface area contributed by atoms with Gasteiger partial charge in [-0.25, -0.2) is 0 Å². The predicted molar refractivity (Wildman–Crippen MR) is 59.9 cm³/mol. The van der Waals surface area contributed by atoms with Gasteiger partial charge in [-0.3, -0.25) is 0 Å². The van der Waals surface area contributed by atoms with Crippen LogP contribution in [-0.2, 0) is 4.74 Å². The molecule has 0 aliphatic carbocycles. The fourth-order valence-corrected chi connectivity index (χ4v) is 3.46. The van der Waals surface area contributed by atoms with Crippen LogP contribution in [0.5, 0.6) is 0 Å². The van der Waals surface area contributed by atoms with E-state index in [4.69, 9.17) is 4.74 Å². The van der Waals surface area contributed by atoms with E-state index in [1.54, 1.807) is 0 Å². The molecule has 2 atom stereocenters. The third kappa shape index (κ3) is 1.81. The topological polar surface area (TPSA) is 24.5 Å². The van der Waals surface area contributed by atoms with E-state index >= 15 is 0 Å². The Morgan fingerprint density at radius 3 is 3.00 bits per heavy atom. The van der Waals surface area contributed by atoms with E-state index in [9.17, 15) is 0 Å². The zero-order valence-corrected chi connectivity index (χ0v) is 9.50. The van der Waals surface area contributed by atoms with Gasteiger partial charge >= 0.3 is 0 Å². The molecule has 86 valence electrons. The first-order valence-electron chi connectivity index (χ1n) is 6.40. The number of piperidine rings is 1. The van der Waals surface area contributed by atoms with Crippen LogP contribution < -0.4 is 5.32 Å². The van der Waals surface area contributed by atoms with E-state index < -0.39 is 0 Å². The fourth-order valence-electron chi connectivity index (χ4n) is 3.46. The Morgan fingerprint density at radius 2 is 2.13 bits per heavy atom. The Bertz CT molecular complexity index is 216. The molecular weight excluding hydrogens is 188 g/mol. The number of hydrogen-bond acceptors (Lipinski definition) is 3. The lowest BCUT2D eigenvalue weighted by atomic mass is 9.80. The molecule has 3 rings (SSSR count). The van der Waals surface area contributed by atoms with Crippen molar-refractivity contribution in [3.63, 3.8) is 0 Å². The molecule has 0 aromatic rings. The van der Waals surface area contributed by atoms with Gasteiger partial charge in [0.25, 0.3) is 0 Å². The SMILES string of the molecule is C1CCN(CC23CNCC2COC3)CC1. The number of fused-ring (bicyclic) bond motifs is 1. The van der Waals surface area contributed by atoms with Gasteiger partial charge in [-0.2, -0.15) is 0 Å². The Kier molecular flexibility index (Phi) is 2.71. The molecule has 0 aromatic heterocycles. The van der Waals surface area contributed by atoms with Gasteiger partial charge in [0.2, 0.25) is 0 Å². The number of likely N-dealkylation sites (tertiary alicyclic amines) is 1. The van der Waals surface area contributed by atoms with Crippen LogP contribution >= 0.6 is 0 Å². The highest BCUT2D eigenvalue weighted by molar-refractivity contribution is 5.00. The average Bonchev–Trinajstić information content (AvgIpc) is 2.78. The van der Waals surface area contributed by atoms with Crippen LogP contribution in [0.3, 0.4) is 0 Å². The number of ether oxygens (including phenoxy) is 1. The van der Waals surface area contributed by atoms with Crippen LogP contribution in [0.2, 0.25) is 0 Å². The molecular formula is C12H22N2O. The summed E-state index contributed by atoms with van der Waals surface area (Å²) in [5, 5.41) is 3.55. The smallest absolute Gasteiger partial charge is 0.0551 e. The van der Waals surface area contributed by atoms with Gasteiger partial charge in [0, 0.05) is 31.0 Å². The zero-order valence-electron chi connectivity index (χ0n) is 9.50. The minimum Gasteiger partial charge on any atom is -0.380 e. The molecule has 3 saturated heterocycles. The van der Waals surface area contributed by atoms with Crippen molar-refractivity contribution < 1.29 is 4.74 Å². The highest BCUT2D eigenvalue weighted by Gasteiger charge is 2.48. The van der Waals surface area contributed by atoms with Gasteiger partial charge < -0.3 is 15.0 Å². The monoisotopic (exact) mass is 210 g/mol. The van der Waals surface area contributed by atoms with Gasteiger partial charge in [0.1, 0.15) is 0 Å². The Morgan fingerprint density at radius 1 is 1.27 bits per heavy atom. The van der Waals surface area contributed by atoms with E-state index in [1.807, 2.05) is 0 Å². The summed E-state index contributed by atoms with van der Waals surface area (Å²) >= 11 is 0. The molecule has 15 heavy (non-hydrogen) atoms. The van der Waals surface area contributed by atoms with Crippen molar-refractivity contribution in [1.29, 1.82) is 0 Å². The van der Waals surface area contributed by atoms with Gasteiger partial charge in [-0.15, -0.1) is 0 Å². The first-order valence-corrected chi connectivity index (χ1v) is 6.40. The van der Waals surface area contributed by atoms with Crippen LogP contribution in [0.4, 0.5) is 0 Å². The molecule has 3 aliphatic rings. The normalized spacial score (nSPS) is 42.0. The zero-order chi connectivity index (χ0) is 10.1. The summed E-state index contributed by atoms with van der Waals surface area (Å²) < 4.78 is 5.69. The molecule has 3 aliphatic heterocycles. The maximum Gasteiger partial charge on any atom is 0.0551 e. The molecule has 1 N–H and O–H groups in total. The van der Waals surface area contributed by atoms with E-state index in [1.165, 1.54) is 52.0 Å². The average molecular weight is 210 g/mol. The van der Waals surface area contributed by atoms with Crippen LogP contribution in [0.15, 0.2) is 0 Å². The van der Waals surface area contributed by atoms with Gasteiger partial charge in [0.15, 0.2) is 0 Å². The third-order valence-corrected chi connectivity index (χ3v) is 4.43. The number of rotatable bonds is 2. The summed E-state index contributed by atoms with van der Waals surface area (Å²) in [4.78, 5) is 2.66. The lowest BCUT2D eigenvalue weighted by molar-refractivity contribution is 0.102. The second-order valence-corrected chi connectivity index (χ2v) is 5.54. The molecule has 2 unspecified atom stereocenters. The van der Waals surface area contributed by atoms with Crippen LogP contribution in [0.1, 0.15) is 19.3 Å². The van der Waals surface area contributed by atoms with Crippen LogP contribution in [-0.4, -0.2) is 50.8 Å². The second-order valence-electron chi connectivity index (χ2n) is 5.54. The molecule has 3 nitrogen and oxygen atoms in total. The minimum atomic E-state index is 0.456. The van der Waals surface area contributed by atoms with Crippen molar-refractivity contribution in [1.82, 2.24) is 10.2 Å². The van der Waals surface area contributed by atoms with E-state index in [0.29, 0.717) is 5.41 Å². The fraction of sp³-hybridized carbons (Fsp3) is 1.00. The Balaban J connectivity index is 1.64. The van der Waals surface area contributed by atoms with Gasteiger partial charge in [-0.05, 0) is 25.9 Å². The summed E-state index contributed by atoms with van der Waals surface area (Å²) in [6.07, 6.45) is 4.23. The number of hydrogen-bond donors (Lipinski definition) is 1. The van der Waals surface area contributed by atoms with Crippen LogP contribution in [0.25, 0.3) is 0 Å². The number of nitrogens with one attached hydrogen (secondary N) is 1. The first-order chi connectivity index (χ1) is 7.39. The first kappa shape index (κ1) is 10.1. The summed E-state index contributed by atoms with van der Waals surface area (Å²) in [6, 6.07) is 0. The van der Waals surface area contributed by atoms with E-state index in [2.05, 4.69) is 10.2 Å². The van der Waals surface area contributed by atoms with Crippen molar-refractivity contribution >= 4 is 0 Å². The van der Waals surface area contributed by atoms with Crippen molar-refractivity contribution in [3.05, 3.63) is 0 Å². The quantitative estimate of drug-likeness (QED) is 0.726. The molecule has 0 radical (unpaired) electrons. The highest BCUT2D eigenvalue weighted by atomic mass is 16.5. The molecule has 0 spiro atoms. The predicted octanol–water partition coefficient (Wildman–Crippen LogP) is 0.708. The summed E-state index contributed by atoms with van der Waals surface area (Å²) in [5.41, 5.74) is 0.456. The number of nitrogens with zero attached hydrogens (tertiary/aromatic N) is 1. The Labute approximate surface area is 92.2 Å². The molecule has 0 bridgehead atoms. The molecule has 0 amide bonds.